The van der Waals surface area contributed by atoms with Crippen LogP contribution in [-0.4, -0.2) is 4.98 Å². The van der Waals surface area contributed by atoms with Crippen LogP contribution in [0.5, 0.6) is 0 Å². The third kappa shape index (κ3) is 2.65. The molecule has 0 fully saturated rings. The number of aromatic nitrogens is 1. The summed E-state index contributed by atoms with van der Waals surface area (Å²) in [7, 11) is 0. The highest BCUT2D eigenvalue weighted by Crippen LogP contribution is 2.37. The van der Waals surface area contributed by atoms with Crippen LogP contribution in [0.3, 0.4) is 0 Å². The highest BCUT2D eigenvalue weighted by atomic mass is 35.5. The number of anilines is 1. The molecule has 112 valence electrons. The number of fused-ring (bicyclic) bond motifs is 1. The van der Waals surface area contributed by atoms with Gasteiger partial charge in [0.05, 0.1) is 10.0 Å². The van der Waals surface area contributed by atoms with Crippen LogP contribution in [0.25, 0.3) is 11.1 Å². The van der Waals surface area contributed by atoms with Crippen molar-refractivity contribution in [3.8, 4) is 17.2 Å². The second-order valence-corrected chi connectivity index (χ2v) is 6.29. The molecule has 0 unspecified atom stereocenters. The molecule has 5 heteroatoms. The molecule has 22 heavy (non-hydrogen) atoms. The van der Waals surface area contributed by atoms with Gasteiger partial charge < -0.3 is 5.73 Å². The Bertz CT molecular complexity index is 778. The molecule has 0 aliphatic heterocycles. The van der Waals surface area contributed by atoms with Crippen LogP contribution in [0.4, 0.5) is 5.82 Å². The lowest BCUT2D eigenvalue weighted by molar-refractivity contribution is 0.709. The van der Waals surface area contributed by atoms with Crippen molar-refractivity contribution in [3.05, 3.63) is 45.1 Å². The Morgan fingerprint density at radius 2 is 1.86 bits per heavy atom. The summed E-state index contributed by atoms with van der Waals surface area (Å²) in [6.45, 7) is 0. The van der Waals surface area contributed by atoms with Crippen LogP contribution in [0.2, 0.25) is 10.0 Å². The molecule has 2 aromatic rings. The summed E-state index contributed by atoms with van der Waals surface area (Å²) in [5.74, 6) is 0.296. The van der Waals surface area contributed by atoms with Crippen LogP contribution in [0, 0.1) is 11.3 Å². The van der Waals surface area contributed by atoms with E-state index in [0.29, 0.717) is 21.4 Å². The van der Waals surface area contributed by atoms with Gasteiger partial charge in [-0.05, 0) is 48.9 Å². The molecule has 1 aliphatic rings. The fourth-order valence-electron chi connectivity index (χ4n) is 3.02. The monoisotopic (exact) mass is 331 g/mol. The number of pyridine rings is 1. The van der Waals surface area contributed by atoms with E-state index >= 15 is 0 Å². The predicted octanol–water partition coefficient (Wildman–Crippen LogP) is 4.78. The summed E-state index contributed by atoms with van der Waals surface area (Å²) in [6.07, 6.45) is 5.18. The first-order valence-electron chi connectivity index (χ1n) is 7.28. The van der Waals surface area contributed by atoms with Gasteiger partial charge in [-0.1, -0.05) is 35.7 Å². The van der Waals surface area contributed by atoms with E-state index in [1.165, 1.54) is 6.42 Å². The number of aryl methyl sites for hydroxylation is 1. The number of rotatable bonds is 1. The lowest BCUT2D eigenvalue weighted by atomic mass is 9.92. The van der Waals surface area contributed by atoms with E-state index < -0.39 is 0 Å². The number of nitrogen functional groups attached to an aromatic ring is 1. The Morgan fingerprint density at radius 3 is 2.59 bits per heavy atom. The highest BCUT2D eigenvalue weighted by molar-refractivity contribution is 6.42. The number of benzene rings is 1. The zero-order chi connectivity index (χ0) is 15.7. The van der Waals surface area contributed by atoms with Crippen molar-refractivity contribution in [3.63, 3.8) is 0 Å². The minimum atomic E-state index is 0.296. The number of nitrogens with two attached hydrogens (primary N) is 1. The molecule has 0 atom stereocenters. The minimum absolute atomic E-state index is 0.296. The first-order valence-corrected chi connectivity index (χ1v) is 8.04. The number of hydrogen-bond acceptors (Lipinski definition) is 3. The number of hydrogen-bond donors (Lipinski definition) is 1. The molecule has 0 spiro atoms. The zero-order valence-corrected chi connectivity index (χ0v) is 13.5. The summed E-state index contributed by atoms with van der Waals surface area (Å²) in [5, 5.41) is 10.5. The molecule has 3 nitrogen and oxygen atoms in total. The van der Waals surface area contributed by atoms with Crippen LogP contribution in [0.15, 0.2) is 18.2 Å². The second kappa shape index (κ2) is 6.16. The third-order valence-corrected chi connectivity index (χ3v) is 4.81. The second-order valence-electron chi connectivity index (χ2n) is 5.47. The minimum Gasteiger partial charge on any atom is -0.383 e. The van der Waals surface area contributed by atoms with E-state index in [4.69, 9.17) is 28.9 Å². The molecule has 1 aromatic carbocycles. The SMILES string of the molecule is N#Cc1c(N)nc2c(c1-c1ccc(Cl)c(Cl)c1)CCCCC2. The van der Waals surface area contributed by atoms with Crippen molar-refractivity contribution in [2.75, 3.05) is 5.73 Å². The average molecular weight is 332 g/mol. The summed E-state index contributed by atoms with van der Waals surface area (Å²) in [6, 6.07) is 7.63. The third-order valence-electron chi connectivity index (χ3n) is 4.07. The van der Waals surface area contributed by atoms with E-state index in [0.717, 1.165) is 48.1 Å². The van der Waals surface area contributed by atoms with Gasteiger partial charge in [0.1, 0.15) is 17.5 Å². The van der Waals surface area contributed by atoms with Gasteiger partial charge in [0, 0.05) is 11.3 Å². The Balaban J connectivity index is 2.30. The van der Waals surface area contributed by atoms with Crippen LogP contribution in [-0.2, 0) is 12.8 Å². The van der Waals surface area contributed by atoms with Crippen molar-refractivity contribution in [1.82, 2.24) is 4.98 Å². The van der Waals surface area contributed by atoms with Gasteiger partial charge in [0.2, 0.25) is 0 Å². The Hall–Kier alpha value is -1.76. The molecular formula is C17H15Cl2N3. The highest BCUT2D eigenvalue weighted by Gasteiger charge is 2.21. The molecule has 1 aliphatic carbocycles. The van der Waals surface area contributed by atoms with Gasteiger partial charge >= 0.3 is 0 Å². The van der Waals surface area contributed by atoms with E-state index in [2.05, 4.69) is 11.1 Å². The van der Waals surface area contributed by atoms with E-state index in [-0.39, 0.29) is 0 Å². The Kier molecular flexibility index (Phi) is 4.24. The van der Waals surface area contributed by atoms with Gasteiger partial charge in [-0.3, -0.25) is 0 Å². The van der Waals surface area contributed by atoms with Crippen molar-refractivity contribution in [1.29, 1.82) is 5.26 Å². The van der Waals surface area contributed by atoms with E-state index in [9.17, 15) is 5.26 Å². The number of nitrogens with zero attached hydrogens (tertiary/aromatic N) is 2. The average Bonchev–Trinajstić information content (AvgIpc) is 2.73. The maximum absolute atomic E-state index is 9.53. The molecule has 0 amide bonds. The summed E-state index contributed by atoms with van der Waals surface area (Å²) < 4.78 is 0. The number of halogens is 2. The maximum Gasteiger partial charge on any atom is 0.142 e. The first-order chi connectivity index (χ1) is 10.6. The Morgan fingerprint density at radius 1 is 1.09 bits per heavy atom. The molecule has 1 aromatic heterocycles. The van der Waals surface area contributed by atoms with Gasteiger partial charge in [-0.25, -0.2) is 4.98 Å². The molecule has 3 rings (SSSR count). The lowest BCUT2D eigenvalue weighted by Crippen LogP contribution is -2.07. The van der Waals surface area contributed by atoms with Crippen molar-refractivity contribution < 1.29 is 0 Å². The summed E-state index contributed by atoms with van der Waals surface area (Å²) in [4.78, 5) is 4.47. The van der Waals surface area contributed by atoms with Crippen molar-refractivity contribution in [2.45, 2.75) is 32.1 Å². The van der Waals surface area contributed by atoms with Gasteiger partial charge in [0.25, 0.3) is 0 Å². The fourth-order valence-corrected chi connectivity index (χ4v) is 3.32. The molecule has 0 saturated heterocycles. The van der Waals surface area contributed by atoms with Crippen LogP contribution >= 0.6 is 23.2 Å². The molecule has 2 N–H and O–H groups in total. The molecule has 0 bridgehead atoms. The van der Waals surface area contributed by atoms with E-state index in [1.54, 1.807) is 12.1 Å². The van der Waals surface area contributed by atoms with Gasteiger partial charge in [-0.15, -0.1) is 0 Å². The van der Waals surface area contributed by atoms with Gasteiger partial charge in [-0.2, -0.15) is 5.26 Å². The maximum atomic E-state index is 9.53. The summed E-state index contributed by atoms with van der Waals surface area (Å²) in [5.41, 5.74) is 10.3. The smallest absolute Gasteiger partial charge is 0.142 e. The lowest BCUT2D eigenvalue weighted by Gasteiger charge is -2.16. The Labute approximate surface area is 139 Å². The van der Waals surface area contributed by atoms with Crippen molar-refractivity contribution in [2.24, 2.45) is 0 Å². The normalized spacial score (nSPS) is 14.0. The first kappa shape index (κ1) is 15.1. The molecule has 1 heterocycles. The standard InChI is InChI=1S/C17H15Cl2N3/c18-13-7-6-10(8-14(13)19)16-11-4-2-1-3-5-15(11)22-17(21)12(16)9-20/h6-8H,1-5H2,(H2,21,22). The van der Waals surface area contributed by atoms with Gasteiger partial charge in [0.15, 0.2) is 0 Å². The van der Waals surface area contributed by atoms with Crippen LogP contribution < -0.4 is 5.73 Å². The quantitative estimate of drug-likeness (QED) is 0.765. The summed E-state index contributed by atoms with van der Waals surface area (Å²) >= 11 is 12.2. The van der Waals surface area contributed by atoms with E-state index in [1.807, 2.05) is 6.07 Å². The molecular weight excluding hydrogens is 317 g/mol. The molecule has 0 radical (unpaired) electrons. The largest absolute Gasteiger partial charge is 0.383 e. The van der Waals surface area contributed by atoms with Crippen LogP contribution in [0.1, 0.15) is 36.1 Å². The molecule has 0 saturated carbocycles. The number of nitriles is 1. The topological polar surface area (TPSA) is 62.7 Å². The van der Waals surface area contributed by atoms with Crippen molar-refractivity contribution >= 4 is 29.0 Å². The zero-order valence-electron chi connectivity index (χ0n) is 12.0. The predicted molar refractivity (Wildman–Crippen MR) is 90.1 cm³/mol. The fraction of sp³-hybridized carbons (Fsp3) is 0.294.